The molecule has 0 radical (unpaired) electrons. The summed E-state index contributed by atoms with van der Waals surface area (Å²) in [6, 6.07) is 6.68. The van der Waals surface area contributed by atoms with Crippen LogP contribution in [0.5, 0.6) is 0 Å². The number of amides is 1. The Balaban J connectivity index is 1.99. The molecule has 2 rings (SSSR count). The van der Waals surface area contributed by atoms with Crippen LogP contribution < -0.4 is 5.32 Å². The molecule has 6 heteroatoms. The zero-order chi connectivity index (χ0) is 17.0. The van der Waals surface area contributed by atoms with Gasteiger partial charge in [0.1, 0.15) is 5.56 Å². The van der Waals surface area contributed by atoms with Crippen LogP contribution >= 0.6 is 0 Å². The number of hydrogen-bond donors (Lipinski definition) is 2. The lowest BCUT2D eigenvalue weighted by molar-refractivity contribution is 0.0696. The minimum atomic E-state index is -0.961. The van der Waals surface area contributed by atoms with Gasteiger partial charge in [-0.15, -0.1) is 0 Å². The summed E-state index contributed by atoms with van der Waals surface area (Å²) in [5.74, 6) is -0.531. The number of benzene rings is 1. The second-order valence-corrected chi connectivity index (χ2v) is 5.67. The van der Waals surface area contributed by atoms with Crippen molar-refractivity contribution in [2.24, 2.45) is 0 Å². The molecule has 0 aliphatic carbocycles. The third kappa shape index (κ3) is 3.97. The van der Waals surface area contributed by atoms with Crippen LogP contribution in [-0.2, 0) is 6.42 Å². The molecule has 0 aliphatic rings. The standard InChI is InChI=1S/C17H20N2O4/c1-10(2)15-14(11(3)19-23-15)16(20)18-8-7-12-5-4-6-13(9-12)17(21)22/h4-6,9-10H,7-8H2,1-3H3,(H,18,20)(H,21,22). The molecule has 122 valence electrons. The van der Waals surface area contributed by atoms with Crippen LogP contribution in [0, 0.1) is 6.92 Å². The van der Waals surface area contributed by atoms with Gasteiger partial charge < -0.3 is 14.9 Å². The van der Waals surface area contributed by atoms with E-state index >= 15 is 0 Å². The van der Waals surface area contributed by atoms with E-state index in [0.717, 1.165) is 5.56 Å². The first-order valence-corrected chi connectivity index (χ1v) is 7.46. The zero-order valence-corrected chi connectivity index (χ0v) is 13.4. The van der Waals surface area contributed by atoms with Crippen molar-refractivity contribution in [2.45, 2.75) is 33.1 Å². The Bertz CT molecular complexity index is 719. The summed E-state index contributed by atoms with van der Waals surface area (Å²) in [6.45, 7) is 6.02. The fourth-order valence-electron chi connectivity index (χ4n) is 2.33. The summed E-state index contributed by atoms with van der Waals surface area (Å²) in [5, 5.41) is 15.7. The number of carboxylic acids is 1. The van der Waals surface area contributed by atoms with Crippen molar-refractivity contribution < 1.29 is 19.2 Å². The predicted octanol–water partition coefficient (Wildman–Crippen LogP) is 2.78. The van der Waals surface area contributed by atoms with Crippen LogP contribution in [0.15, 0.2) is 28.8 Å². The average molecular weight is 316 g/mol. The van der Waals surface area contributed by atoms with Gasteiger partial charge in [0, 0.05) is 12.5 Å². The smallest absolute Gasteiger partial charge is 0.335 e. The Hall–Kier alpha value is -2.63. The Labute approximate surface area is 134 Å². The first kappa shape index (κ1) is 16.7. The van der Waals surface area contributed by atoms with Crippen LogP contribution in [-0.4, -0.2) is 28.7 Å². The van der Waals surface area contributed by atoms with Gasteiger partial charge >= 0.3 is 5.97 Å². The van der Waals surface area contributed by atoms with Gasteiger partial charge in [-0.1, -0.05) is 31.1 Å². The van der Waals surface area contributed by atoms with Crippen molar-refractivity contribution in [1.82, 2.24) is 10.5 Å². The highest BCUT2D eigenvalue weighted by molar-refractivity contribution is 5.96. The molecule has 0 saturated heterocycles. The lowest BCUT2D eigenvalue weighted by Crippen LogP contribution is -2.27. The van der Waals surface area contributed by atoms with Crippen molar-refractivity contribution in [3.05, 3.63) is 52.4 Å². The lowest BCUT2D eigenvalue weighted by Gasteiger charge is -2.07. The topological polar surface area (TPSA) is 92.4 Å². The van der Waals surface area contributed by atoms with E-state index in [9.17, 15) is 9.59 Å². The number of rotatable bonds is 6. The first-order chi connectivity index (χ1) is 10.9. The number of carbonyl (C=O) groups excluding carboxylic acids is 1. The van der Waals surface area contributed by atoms with E-state index in [1.54, 1.807) is 25.1 Å². The van der Waals surface area contributed by atoms with Gasteiger partial charge in [0.2, 0.25) is 0 Å². The molecule has 0 unspecified atom stereocenters. The summed E-state index contributed by atoms with van der Waals surface area (Å²) in [6.07, 6.45) is 0.550. The number of hydrogen-bond acceptors (Lipinski definition) is 4. The maximum Gasteiger partial charge on any atom is 0.335 e. The van der Waals surface area contributed by atoms with Crippen LogP contribution in [0.25, 0.3) is 0 Å². The van der Waals surface area contributed by atoms with Crippen LogP contribution in [0.2, 0.25) is 0 Å². The summed E-state index contributed by atoms with van der Waals surface area (Å²) < 4.78 is 5.21. The second-order valence-electron chi connectivity index (χ2n) is 5.67. The summed E-state index contributed by atoms with van der Waals surface area (Å²) >= 11 is 0. The fourth-order valence-corrected chi connectivity index (χ4v) is 2.33. The van der Waals surface area contributed by atoms with Crippen molar-refractivity contribution >= 4 is 11.9 Å². The van der Waals surface area contributed by atoms with E-state index in [1.165, 1.54) is 0 Å². The predicted molar refractivity (Wildman–Crippen MR) is 84.8 cm³/mol. The molecule has 1 heterocycles. The number of aromatic nitrogens is 1. The molecule has 0 saturated carbocycles. The average Bonchev–Trinajstić information content (AvgIpc) is 2.89. The van der Waals surface area contributed by atoms with Gasteiger partial charge in [-0.2, -0.15) is 0 Å². The highest BCUT2D eigenvalue weighted by atomic mass is 16.5. The quantitative estimate of drug-likeness (QED) is 0.855. The molecule has 1 aromatic carbocycles. The summed E-state index contributed by atoms with van der Waals surface area (Å²) in [7, 11) is 0. The summed E-state index contributed by atoms with van der Waals surface area (Å²) in [5.41, 5.74) is 2.15. The maximum absolute atomic E-state index is 12.3. The van der Waals surface area contributed by atoms with E-state index in [0.29, 0.717) is 30.0 Å². The molecule has 2 N–H and O–H groups in total. The molecule has 1 amide bonds. The number of carboxylic acid groups (broad SMARTS) is 1. The monoisotopic (exact) mass is 316 g/mol. The van der Waals surface area contributed by atoms with Gasteiger partial charge in [-0.05, 0) is 31.0 Å². The van der Waals surface area contributed by atoms with Gasteiger partial charge in [-0.25, -0.2) is 4.79 Å². The number of nitrogens with one attached hydrogen (secondary N) is 1. The van der Waals surface area contributed by atoms with Crippen molar-refractivity contribution in [3.63, 3.8) is 0 Å². The van der Waals surface area contributed by atoms with E-state index in [1.807, 2.05) is 19.9 Å². The highest BCUT2D eigenvalue weighted by Crippen LogP contribution is 2.21. The van der Waals surface area contributed by atoms with E-state index < -0.39 is 5.97 Å². The molecule has 0 spiro atoms. The summed E-state index contributed by atoms with van der Waals surface area (Å²) in [4.78, 5) is 23.3. The molecular formula is C17H20N2O4. The minimum Gasteiger partial charge on any atom is -0.478 e. The van der Waals surface area contributed by atoms with Gasteiger partial charge in [0.25, 0.3) is 5.91 Å². The maximum atomic E-state index is 12.3. The number of aryl methyl sites for hydroxylation is 1. The molecule has 0 fully saturated rings. The van der Waals surface area contributed by atoms with Gasteiger partial charge in [-0.3, -0.25) is 4.79 Å². The third-order valence-corrected chi connectivity index (χ3v) is 3.51. The zero-order valence-electron chi connectivity index (χ0n) is 13.4. The van der Waals surface area contributed by atoms with Crippen molar-refractivity contribution in [2.75, 3.05) is 6.54 Å². The Morgan fingerprint density at radius 3 is 2.74 bits per heavy atom. The van der Waals surface area contributed by atoms with E-state index in [2.05, 4.69) is 10.5 Å². The Kier molecular flexibility index (Phi) is 5.16. The van der Waals surface area contributed by atoms with Crippen LogP contribution in [0.4, 0.5) is 0 Å². The third-order valence-electron chi connectivity index (χ3n) is 3.51. The second kappa shape index (κ2) is 7.09. The van der Waals surface area contributed by atoms with Crippen LogP contribution in [0.3, 0.4) is 0 Å². The minimum absolute atomic E-state index is 0.0733. The molecule has 1 aromatic heterocycles. The molecule has 0 aliphatic heterocycles. The van der Waals surface area contributed by atoms with Gasteiger partial charge in [0.15, 0.2) is 5.76 Å². The van der Waals surface area contributed by atoms with Crippen molar-refractivity contribution in [3.8, 4) is 0 Å². The number of carbonyl (C=O) groups is 2. The molecular weight excluding hydrogens is 296 g/mol. The largest absolute Gasteiger partial charge is 0.478 e. The number of nitrogens with zero attached hydrogens (tertiary/aromatic N) is 1. The number of aromatic carboxylic acids is 1. The van der Waals surface area contributed by atoms with E-state index in [4.69, 9.17) is 9.63 Å². The van der Waals surface area contributed by atoms with Crippen molar-refractivity contribution in [1.29, 1.82) is 0 Å². The molecule has 23 heavy (non-hydrogen) atoms. The fraction of sp³-hybridized carbons (Fsp3) is 0.353. The van der Waals surface area contributed by atoms with Gasteiger partial charge in [0.05, 0.1) is 11.3 Å². The Morgan fingerprint density at radius 2 is 2.09 bits per heavy atom. The van der Waals surface area contributed by atoms with E-state index in [-0.39, 0.29) is 17.4 Å². The molecule has 0 bridgehead atoms. The highest BCUT2D eigenvalue weighted by Gasteiger charge is 2.22. The normalized spacial score (nSPS) is 10.8. The Morgan fingerprint density at radius 1 is 1.35 bits per heavy atom. The SMILES string of the molecule is Cc1noc(C(C)C)c1C(=O)NCCc1cccc(C(=O)O)c1. The molecule has 0 atom stereocenters. The molecule has 6 nitrogen and oxygen atoms in total. The molecule has 2 aromatic rings. The van der Waals surface area contributed by atoms with Crippen LogP contribution in [0.1, 0.15) is 57.5 Å². The first-order valence-electron chi connectivity index (χ1n) is 7.46. The lowest BCUT2D eigenvalue weighted by atomic mass is 10.0.